The maximum absolute atomic E-state index is 13.0. The topological polar surface area (TPSA) is 49.3 Å². The smallest absolute Gasteiger partial charge is 0.259 e. The number of benzene rings is 1. The van der Waals surface area contributed by atoms with Gasteiger partial charge in [0, 0.05) is 30.1 Å². The van der Waals surface area contributed by atoms with Gasteiger partial charge in [-0.1, -0.05) is 24.3 Å². The largest absolute Gasteiger partial charge is 0.309 e. The number of nitrogens with zero attached hydrogens (tertiary/aromatic N) is 4. The number of hydrogen-bond donors (Lipinski definition) is 0. The summed E-state index contributed by atoms with van der Waals surface area (Å²) >= 11 is 0. The average molecular weight is 360 g/mol. The summed E-state index contributed by atoms with van der Waals surface area (Å²) in [6.07, 6.45) is 4.40. The normalized spacial score (nSPS) is 10.8. The van der Waals surface area contributed by atoms with Crippen LogP contribution in [0.3, 0.4) is 0 Å². The van der Waals surface area contributed by atoms with Crippen LogP contribution in [0.5, 0.6) is 0 Å². The van der Waals surface area contributed by atoms with Crippen LogP contribution in [0.25, 0.3) is 11.3 Å². The predicted octanol–water partition coefficient (Wildman–Crippen LogP) is 3.74. The maximum atomic E-state index is 13.0. The Bertz CT molecular complexity index is 849. The van der Waals surface area contributed by atoms with Gasteiger partial charge < -0.3 is 4.90 Å². The third-order valence-electron chi connectivity index (χ3n) is 4.24. The van der Waals surface area contributed by atoms with E-state index in [0.717, 1.165) is 24.2 Å². The van der Waals surface area contributed by atoms with E-state index in [1.165, 1.54) is 0 Å². The van der Waals surface area contributed by atoms with Gasteiger partial charge >= 0.3 is 0 Å². The third kappa shape index (κ3) is 4.99. The van der Waals surface area contributed by atoms with Crippen molar-refractivity contribution in [2.45, 2.75) is 6.42 Å². The molecule has 5 nitrogen and oxygen atoms in total. The van der Waals surface area contributed by atoms with E-state index in [1.807, 2.05) is 74.8 Å². The molecule has 0 aliphatic rings. The van der Waals surface area contributed by atoms with Crippen molar-refractivity contribution in [3.05, 3.63) is 78.6 Å². The van der Waals surface area contributed by atoms with Crippen LogP contribution in [-0.4, -0.2) is 48.0 Å². The Hall–Kier alpha value is -3.05. The number of pyridine rings is 2. The van der Waals surface area contributed by atoms with Gasteiger partial charge in [0.15, 0.2) is 0 Å². The first-order chi connectivity index (χ1) is 13.1. The van der Waals surface area contributed by atoms with Crippen LogP contribution in [0.15, 0.2) is 73.1 Å². The molecule has 0 bridgehead atoms. The van der Waals surface area contributed by atoms with Gasteiger partial charge in [-0.15, -0.1) is 0 Å². The molecule has 0 aliphatic heterocycles. The summed E-state index contributed by atoms with van der Waals surface area (Å²) in [5.74, 6) is 0.620. The molecule has 0 unspecified atom stereocenters. The molecule has 0 N–H and O–H groups in total. The van der Waals surface area contributed by atoms with Gasteiger partial charge in [0.25, 0.3) is 5.91 Å². The van der Waals surface area contributed by atoms with E-state index < -0.39 is 0 Å². The molecule has 0 saturated heterocycles. The van der Waals surface area contributed by atoms with Gasteiger partial charge in [-0.05, 0) is 63.5 Å². The first-order valence-corrected chi connectivity index (χ1v) is 9.04. The van der Waals surface area contributed by atoms with Crippen molar-refractivity contribution < 1.29 is 4.79 Å². The average Bonchev–Trinajstić information content (AvgIpc) is 2.72. The van der Waals surface area contributed by atoms with Crippen LogP contribution < -0.4 is 4.90 Å². The van der Waals surface area contributed by atoms with Crippen LogP contribution in [0.4, 0.5) is 5.82 Å². The molecule has 1 aromatic carbocycles. The first-order valence-electron chi connectivity index (χ1n) is 9.04. The van der Waals surface area contributed by atoms with Crippen molar-refractivity contribution in [1.29, 1.82) is 0 Å². The minimum Gasteiger partial charge on any atom is -0.309 e. The Balaban J connectivity index is 1.84. The Labute approximate surface area is 160 Å². The summed E-state index contributed by atoms with van der Waals surface area (Å²) in [6.45, 7) is 1.52. The van der Waals surface area contributed by atoms with Crippen LogP contribution in [-0.2, 0) is 0 Å². The van der Waals surface area contributed by atoms with Crippen molar-refractivity contribution in [1.82, 2.24) is 14.9 Å². The fourth-order valence-electron chi connectivity index (χ4n) is 2.83. The standard InChI is InChI=1S/C22H24N4O/c1-25(2)15-8-16-26(22(27)18-9-4-3-5-10-18)21-13-12-19(17-24-21)20-11-6-7-14-23-20/h3-7,9-14,17H,8,15-16H2,1-2H3. The highest BCUT2D eigenvalue weighted by Gasteiger charge is 2.18. The molecule has 0 atom stereocenters. The molecule has 3 aromatic rings. The van der Waals surface area contributed by atoms with E-state index in [2.05, 4.69) is 14.9 Å². The summed E-state index contributed by atoms with van der Waals surface area (Å²) < 4.78 is 0. The lowest BCUT2D eigenvalue weighted by Crippen LogP contribution is -2.34. The number of anilines is 1. The molecular weight excluding hydrogens is 336 g/mol. The Morgan fingerprint density at radius 1 is 0.889 bits per heavy atom. The highest BCUT2D eigenvalue weighted by Crippen LogP contribution is 2.20. The number of aromatic nitrogens is 2. The fourth-order valence-corrected chi connectivity index (χ4v) is 2.83. The molecule has 27 heavy (non-hydrogen) atoms. The molecule has 0 saturated carbocycles. The lowest BCUT2D eigenvalue weighted by molar-refractivity contribution is 0.0985. The van der Waals surface area contributed by atoms with Gasteiger partial charge in [0.05, 0.1) is 5.69 Å². The van der Waals surface area contributed by atoms with Gasteiger partial charge in [0.2, 0.25) is 0 Å². The molecule has 1 amide bonds. The summed E-state index contributed by atoms with van der Waals surface area (Å²) in [6, 6.07) is 19.0. The van der Waals surface area contributed by atoms with E-state index in [1.54, 1.807) is 17.3 Å². The van der Waals surface area contributed by atoms with E-state index in [0.29, 0.717) is 17.9 Å². The van der Waals surface area contributed by atoms with Gasteiger partial charge in [-0.25, -0.2) is 4.98 Å². The van der Waals surface area contributed by atoms with Crippen molar-refractivity contribution in [2.75, 3.05) is 32.1 Å². The molecule has 2 heterocycles. The molecule has 0 fully saturated rings. The third-order valence-corrected chi connectivity index (χ3v) is 4.24. The molecule has 138 valence electrons. The quantitative estimate of drug-likeness (QED) is 0.644. The first kappa shape index (κ1) is 18.7. The highest BCUT2D eigenvalue weighted by atomic mass is 16.2. The Morgan fingerprint density at radius 2 is 1.67 bits per heavy atom. The van der Waals surface area contributed by atoms with E-state index in [4.69, 9.17) is 0 Å². The van der Waals surface area contributed by atoms with Crippen LogP contribution in [0.2, 0.25) is 0 Å². The zero-order valence-electron chi connectivity index (χ0n) is 15.7. The molecule has 0 aliphatic carbocycles. The van der Waals surface area contributed by atoms with Crippen molar-refractivity contribution in [3.8, 4) is 11.3 Å². The number of carbonyl (C=O) groups excluding carboxylic acids is 1. The van der Waals surface area contributed by atoms with Gasteiger partial charge in [-0.2, -0.15) is 0 Å². The Morgan fingerprint density at radius 3 is 2.30 bits per heavy atom. The predicted molar refractivity (Wildman–Crippen MR) is 109 cm³/mol. The molecule has 0 spiro atoms. The molecular formula is C22H24N4O. The van der Waals surface area contributed by atoms with Gasteiger partial charge in [0.1, 0.15) is 5.82 Å². The number of carbonyl (C=O) groups is 1. The fraction of sp³-hybridized carbons (Fsp3) is 0.227. The van der Waals surface area contributed by atoms with Crippen LogP contribution >= 0.6 is 0 Å². The zero-order chi connectivity index (χ0) is 19.1. The maximum Gasteiger partial charge on any atom is 0.259 e. The molecule has 5 heteroatoms. The lowest BCUT2D eigenvalue weighted by atomic mass is 10.1. The monoisotopic (exact) mass is 360 g/mol. The minimum atomic E-state index is -0.0348. The number of hydrogen-bond acceptors (Lipinski definition) is 4. The summed E-state index contributed by atoms with van der Waals surface area (Å²) in [4.78, 5) is 25.8. The second-order valence-electron chi connectivity index (χ2n) is 6.60. The van der Waals surface area contributed by atoms with Crippen LogP contribution in [0.1, 0.15) is 16.8 Å². The summed E-state index contributed by atoms with van der Waals surface area (Å²) in [7, 11) is 4.06. The van der Waals surface area contributed by atoms with Crippen molar-refractivity contribution >= 4 is 11.7 Å². The Kier molecular flexibility index (Phi) is 6.28. The van der Waals surface area contributed by atoms with E-state index in [9.17, 15) is 4.79 Å². The summed E-state index contributed by atoms with van der Waals surface area (Å²) in [5.41, 5.74) is 2.46. The van der Waals surface area contributed by atoms with E-state index in [-0.39, 0.29) is 5.91 Å². The number of rotatable bonds is 7. The highest BCUT2D eigenvalue weighted by molar-refractivity contribution is 6.05. The SMILES string of the molecule is CN(C)CCCN(C(=O)c1ccccc1)c1ccc(-c2ccccn2)cn1. The molecule has 0 radical (unpaired) electrons. The molecule has 3 rings (SSSR count). The molecule has 2 aromatic heterocycles. The zero-order valence-corrected chi connectivity index (χ0v) is 15.7. The second-order valence-corrected chi connectivity index (χ2v) is 6.60. The van der Waals surface area contributed by atoms with Crippen molar-refractivity contribution in [2.24, 2.45) is 0 Å². The second kappa shape index (κ2) is 9.05. The van der Waals surface area contributed by atoms with E-state index >= 15 is 0 Å². The van der Waals surface area contributed by atoms with Gasteiger partial charge in [-0.3, -0.25) is 14.7 Å². The van der Waals surface area contributed by atoms with Crippen LogP contribution in [0, 0.1) is 0 Å². The number of amides is 1. The minimum absolute atomic E-state index is 0.0348. The van der Waals surface area contributed by atoms with Crippen molar-refractivity contribution in [3.63, 3.8) is 0 Å². The summed E-state index contributed by atoms with van der Waals surface area (Å²) in [5, 5.41) is 0. The lowest BCUT2D eigenvalue weighted by Gasteiger charge is -2.23.